The van der Waals surface area contributed by atoms with Gasteiger partial charge >= 0.3 is 11.7 Å². The molecule has 0 aliphatic rings. The Hall–Kier alpha value is -2.44. The van der Waals surface area contributed by atoms with E-state index in [0.717, 1.165) is 0 Å². The Balaban J connectivity index is 2.51. The molecule has 1 aromatic rings. The molecule has 21 heavy (non-hydrogen) atoms. The number of unbranched alkanes of at least 4 members (excludes halogenated alkanes) is 1. The molecule has 1 aromatic carbocycles. The summed E-state index contributed by atoms with van der Waals surface area (Å²) in [6.07, 6.45) is 1.83. The van der Waals surface area contributed by atoms with Gasteiger partial charge in [-0.05, 0) is 31.9 Å². The van der Waals surface area contributed by atoms with Crippen molar-refractivity contribution in [1.82, 2.24) is 0 Å². The summed E-state index contributed by atoms with van der Waals surface area (Å²) in [5.41, 5.74) is -0.359. The highest BCUT2D eigenvalue weighted by Crippen LogP contribution is 2.29. The van der Waals surface area contributed by atoms with Gasteiger partial charge in [0.25, 0.3) is 0 Å². The first kappa shape index (κ1) is 16.6. The second kappa shape index (κ2) is 8.68. The molecule has 0 saturated carbocycles. The number of carbonyl (C=O) groups excluding carboxylic acids is 2. The van der Waals surface area contributed by atoms with Crippen molar-refractivity contribution in [2.45, 2.75) is 26.2 Å². The molecule has 0 N–H and O–H groups in total. The van der Waals surface area contributed by atoms with Crippen molar-refractivity contribution in [1.29, 1.82) is 0 Å². The van der Waals surface area contributed by atoms with Gasteiger partial charge in [-0.25, -0.2) is 0 Å². The molecule has 0 saturated heterocycles. The first-order valence-corrected chi connectivity index (χ1v) is 6.61. The average Bonchev–Trinajstić information content (AvgIpc) is 2.46. The average molecular weight is 295 g/mol. The van der Waals surface area contributed by atoms with E-state index in [1.54, 1.807) is 6.92 Å². The molecule has 0 fully saturated rings. The zero-order chi connectivity index (χ0) is 15.7. The number of aldehydes is 1. The van der Waals surface area contributed by atoms with Gasteiger partial charge in [-0.2, -0.15) is 0 Å². The normalized spacial score (nSPS) is 9.95. The zero-order valence-electron chi connectivity index (χ0n) is 11.7. The van der Waals surface area contributed by atoms with Gasteiger partial charge in [0.1, 0.15) is 0 Å². The molecule has 0 amide bonds. The van der Waals surface area contributed by atoms with Gasteiger partial charge in [0.15, 0.2) is 12.0 Å². The van der Waals surface area contributed by atoms with Crippen molar-refractivity contribution in [3.63, 3.8) is 0 Å². The molecular formula is C14H17NO6. The van der Waals surface area contributed by atoms with E-state index in [1.165, 1.54) is 18.2 Å². The molecule has 7 nitrogen and oxygen atoms in total. The van der Waals surface area contributed by atoms with Gasteiger partial charge in [-0.1, -0.05) is 6.07 Å². The third kappa shape index (κ3) is 5.21. The Morgan fingerprint density at radius 3 is 2.76 bits per heavy atom. The lowest BCUT2D eigenvalue weighted by Crippen LogP contribution is -2.06. The first-order valence-electron chi connectivity index (χ1n) is 6.61. The standard InChI is InChI=1S/C14H17NO6/c1-2-20-13(17)8-3-4-9-21-12-7-5-6-11(10-16)14(12)15(18)19/h5-7,10H,2-4,8-9H2,1H3. The summed E-state index contributed by atoms with van der Waals surface area (Å²) in [6.45, 7) is 2.31. The zero-order valence-corrected chi connectivity index (χ0v) is 11.7. The van der Waals surface area contributed by atoms with Gasteiger partial charge in [-0.3, -0.25) is 19.7 Å². The van der Waals surface area contributed by atoms with Crippen LogP contribution < -0.4 is 4.74 Å². The molecule has 0 aromatic heterocycles. The van der Waals surface area contributed by atoms with Crippen LogP contribution in [0.5, 0.6) is 5.75 Å². The Bertz CT molecular complexity index is 514. The van der Waals surface area contributed by atoms with Gasteiger partial charge in [-0.15, -0.1) is 0 Å². The fourth-order valence-electron chi connectivity index (χ4n) is 1.73. The number of para-hydroxylation sites is 1. The summed E-state index contributed by atoms with van der Waals surface area (Å²) in [5, 5.41) is 11.0. The minimum absolute atomic E-state index is 0.0241. The Morgan fingerprint density at radius 2 is 2.14 bits per heavy atom. The van der Waals surface area contributed by atoms with Crippen LogP contribution in [0.2, 0.25) is 0 Å². The summed E-state index contributed by atoms with van der Waals surface area (Å²) in [4.78, 5) is 32.2. The fourth-order valence-corrected chi connectivity index (χ4v) is 1.73. The van der Waals surface area contributed by atoms with Crippen molar-refractivity contribution in [2.24, 2.45) is 0 Å². The molecule has 7 heteroatoms. The lowest BCUT2D eigenvalue weighted by Gasteiger charge is -2.07. The molecule has 0 aliphatic heterocycles. The maximum atomic E-state index is 11.1. The number of rotatable bonds is 9. The van der Waals surface area contributed by atoms with Crippen LogP contribution in [0.3, 0.4) is 0 Å². The topological polar surface area (TPSA) is 95.7 Å². The first-order chi connectivity index (χ1) is 10.1. The predicted molar refractivity (Wildman–Crippen MR) is 74.5 cm³/mol. The van der Waals surface area contributed by atoms with Gasteiger partial charge in [0.05, 0.1) is 23.7 Å². The molecule has 114 valence electrons. The van der Waals surface area contributed by atoms with Crippen LogP contribution in [0.1, 0.15) is 36.5 Å². The van der Waals surface area contributed by atoms with Crippen molar-refractivity contribution in [3.8, 4) is 5.75 Å². The number of benzene rings is 1. The number of hydrogen-bond acceptors (Lipinski definition) is 6. The van der Waals surface area contributed by atoms with Crippen LogP contribution in [-0.4, -0.2) is 30.4 Å². The van der Waals surface area contributed by atoms with Gasteiger partial charge in [0, 0.05) is 6.42 Å². The van der Waals surface area contributed by atoms with E-state index < -0.39 is 4.92 Å². The third-order valence-corrected chi connectivity index (χ3v) is 2.68. The van der Waals surface area contributed by atoms with Gasteiger partial charge < -0.3 is 9.47 Å². The summed E-state index contributed by atoms with van der Waals surface area (Å²) < 4.78 is 10.1. The molecule has 0 heterocycles. The van der Waals surface area contributed by atoms with E-state index in [9.17, 15) is 19.7 Å². The summed E-state index contributed by atoms with van der Waals surface area (Å²) in [7, 11) is 0. The summed E-state index contributed by atoms with van der Waals surface area (Å²) >= 11 is 0. The minimum Gasteiger partial charge on any atom is -0.487 e. The lowest BCUT2D eigenvalue weighted by atomic mass is 10.2. The largest absolute Gasteiger partial charge is 0.487 e. The highest BCUT2D eigenvalue weighted by molar-refractivity contribution is 5.83. The molecule has 0 aliphatic carbocycles. The molecule has 1 rings (SSSR count). The number of hydrogen-bond donors (Lipinski definition) is 0. The number of carbonyl (C=O) groups is 2. The van der Waals surface area contributed by atoms with Crippen molar-refractivity contribution in [2.75, 3.05) is 13.2 Å². The Kier molecular flexibility index (Phi) is 6.86. The Labute approximate surface area is 122 Å². The quantitative estimate of drug-likeness (QED) is 0.228. The second-order valence-electron chi connectivity index (χ2n) is 4.18. The predicted octanol–water partition coefficient (Wildman–Crippen LogP) is 2.52. The fraction of sp³-hybridized carbons (Fsp3) is 0.429. The number of nitrogens with zero attached hydrogens (tertiary/aromatic N) is 1. The van der Waals surface area contributed by atoms with E-state index in [4.69, 9.17) is 9.47 Å². The van der Waals surface area contributed by atoms with Crippen LogP contribution in [-0.2, 0) is 9.53 Å². The van der Waals surface area contributed by atoms with Crippen LogP contribution in [0.4, 0.5) is 5.69 Å². The van der Waals surface area contributed by atoms with Crippen LogP contribution >= 0.6 is 0 Å². The molecular weight excluding hydrogens is 278 g/mol. The summed E-state index contributed by atoms with van der Waals surface area (Å²) in [5.74, 6) is -0.216. The Morgan fingerprint density at radius 1 is 1.38 bits per heavy atom. The SMILES string of the molecule is CCOC(=O)CCCCOc1cccc(C=O)c1[N+](=O)[O-]. The monoisotopic (exact) mass is 295 g/mol. The van der Waals surface area contributed by atoms with E-state index in [0.29, 0.717) is 25.7 Å². The van der Waals surface area contributed by atoms with Crippen LogP contribution in [0, 0.1) is 10.1 Å². The van der Waals surface area contributed by atoms with E-state index in [-0.39, 0.29) is 36.0 Å². The number of nitro groups is 1. The maximum Gasteiger partial charge on any atom is 0.321 e. The molecule has 0 spiro atoms. The van der Waals surface area contributed by atoms with E-state index in [2.05, 4.69) is 0 Å². The number of nitro benzene ring substituents is 1. The summed E-state index contributed by atoms with van der Waals surface area (Å²) in [6, 6.07) is 4.32. The smallest absolute Gasteiger partial charge is 0.321 e. The second-order valence-corrected chi connectivity index (χ2v) is 4.18. The van der Waals surface area contributed by atoms with Crippen molar-refractivity contribution >= 4 is 17.9 Å². The van der Waals surface area contributed by atoms with E-state index in [1.807, 2.05) is 0 Å². The molecule has 0 bridgehead atoms. The van der Waals surface area contributed by atoms with Gasteiger partial charge in [0.2, 0.25) is 0 Å². The van der Waals surface area contributed by atoms with Crippen LogP contribution in [0.15, 0.2) is 18.2 Å². The number of ether oxygens (including phenoxy) is 2. The van der Waals surface area contributed by atoms with Crippen molar-refractivity contribution < 1.29 is 24.0 Å². The highest BCUT2D eigenvalue weighted by atomic mass is 16.6. The van der Waals surface area contributed by atoms with Crippen molar-refractivity contribution in [3.05, 3.63) is 33.9 Å². The molecule has 0 radical (unpaired) electrons. The number of esters is 1. The van der Waals surface area contributed by atoms with E-state index >= 15 is 0 Å². The third-order valence-electron chi connectivity index (χ3n) is 2.68. The molecule has 0 atom stereocenters. The minimum atomic E-state index is -0.641. The lowest BCUT2D eigenvalue weighted by molar-refractivity contribution is -0.386. The maximum absolute atomic E-state index is 11.1. The van der Waals surface area contributed by atoms with Crippen LogP contribution in [0.25, 0.3) is 0 Å². The highest BCUT2D eigenvalue weighted by Gasteiger charge is 2.20. The molecule has 0 unspecified atom stereocenters.